The number of carbonyl (C=O) groups is 2. The fraction of sp³-hybridized carbons (Fsp3) is 0.756. The average Bonchev–Trinajstić information content (AvgIpc) is 3.11. The minimum absolute atomic E-state index is 0.0745. The molecule has 0 radical (unpaired) electrons. The molecule has 0 rings (SSSR count). The van der Waals surface area contributed by atoms with Crippen molar-refractivity contribution in [2.24, 2.45) is 0 Å². The maximum atomic E-state index is 12.1. The van der Waals surface area contributed by atoms with Crippen LogP contribution in [-0.4, -0.2) is 54.3 Å². The Labute approximate surface area is 311 Å². The lowest BCUT2D eigenvalue weighted by molar-refractivity contribution is -0.147. The number of esters is 1. The fourth-order valence-corrected chi connectivity index (χ4v) is 5.97. The van der Waals surface area contributed by atoms with E-state index in [0.29, 0.717) is 12.8 Å². The first-order chi connectivity index (χ1) is 24.8. The van der Waals surface area contributed by atoms with E-state index in [2.05, 4.69) is 67.8 Å². The second-order valence-corrected chi connectivity index (χ2v) is 14.7. The molecule has 0 aromatic rings. The van der Waals surface area contributed by atoms with Gasteiger partial charge in [-0.3, -0.25) is 18.6 Å². The van der Waals surface area contributed by atoms with Gasteiger partial charge in [0.1, 0.15) is 12.7 Å². The molecule has 296 valence electrons. The number of allylic oxidation sites excluding steroid dienone is 8. The number of amides is 1. The van der Waals surface area contributed by atoms with Gasteiger partial charge in [0.05, 0.1) is 13.2 Å². The summed E-state index contributed by atoms with van der Waals surface area (Å²) in [5.41, 5.74) is 0. The van der Waals surface area contributed by atoms with E-state index in [1.54, 1.807) is 0 Å². The molecule has 0 aliphatic rings. The molecule has 0 aromatic carbocycles. The summed E-state index contributed by atoms with van der Waals surface area (Å²) in [6.45, 7) is 3.38. The van der Waals surface area contributed by atoms with Crippen LogP contribution in [0.4, 0.5) is 0 Å². The fourth-order valence-electron chi connectivity index (χ4n) is 5.21. The second kappa shape index (κ2) is 37.7. The van der Waals surface area contributed by atoms with Gasteiger partial charge in [-0.1, -0.05) is 133 Å². The molecule has 2 unspecified atom stereocenters. The summed E-state index contributed by atoms with van der Waals surface area (Å²) in [5, 5.41) is 12.6. The molecule has 0 bridgehead atoms. The van der Waals surface area contributed by atoms with E-state index in [9.17, 15) is 24.2 Å². The highest BCUT2D eigenvalue weighted by Crippen LogP contribution is 2.42. The molecule has 0 aliphatic heterocycles. The first kappa shape index (κ1) is 49.0. The van der Waals surface area contributed by atoms with Crippen molar-refractivity contribution in [3.8, 4) is 0 Å². The Hall–Kier alpha value is -2.03. The van der Waals surface area contributed by atoms with E-state index >= 15 is 0 Å². The molecule has 0 aliphatic carbocycles. The number of phosphoric acid groups is 1. The molecule has 0 fully saturated rings. The standard InChI is InChI=1S/C41H74NO8P/c1-3-5-7-9-11-13-15-17-18-19-20-22-23-25-27-29-31-33-40(44)42-35-36-49-51(46,47)50-38-39(43)37-48-41(45)34-32-30-28-26-24-21-16-14-12-10-8-6-4-2/h6,8,12,14,17-18,21,24,39,43H,3-5,7,9-11,13,15-16,19-20,22-23,25-38H2,1-2H3,(H,42,44)(H,46,47)/b8-6-,14-12-,18-17-,24-21-. The Morgan fingerprint density at radius 2 is 1.12 bits per heavy atom. The van der Waals surface area contributed by atoms with E-state index in [-0.39, 0.29) is 32.1 Å². The van der Waals surface area contributed by atoms with Crippen LogP contribution >= 0.6 is 7.82 Å². The zero-order chi connectivity index (χ0) is 37.5. The van der Waals surface area contributed by atoms with Crippen molar-refractivity contribution in [2.75, 3.05) is 26.4 Å². The monoisotopic (exact) mass is 740 g/mol. The van der Waals surface area contributed by atoms with Gasteiger partial charge in [0, 0.05) is 19.4 Å². The van der Waals surface area contributed by atoms with Crippen LogP contribution in [0, 0.1) is 0 Å². The maximum absolute atomic E-state index is 12.1. The van der Waals surface area contributed by atoms with Crippen molar-refractivity contribution in [3.05, 3.63) is 48.6 Å². The third kappa shape index (κ3) is 39.0. The quantitative estimate of drug-likeness (QED) is 0.0248. The molecule has 0 spiro atoms. The number of phosphoric ester groups is 1. The number of aliphatic hydroxyl groups excluding tert-OH is 1. The average molecular weight is 740 g/mol. The van der Waals surface area contributed by atoms with Gasteiger partial charge >= 0.3 is 13.8 Å². The van der Waals surface area contributed by atoms with Gasteiger partial charge in [0.15, 0.2) is 0 Å². The molecule has 9 nitrogen and oxygen atoms in total. The van der Waals surface area contributed by atoms with Gasteiger partial charge < -0.3 is 20.1 Å². The molecule has 0 saturated carbocycles. The van der Waals surface area contributed by atoms with E-state index < -0.39 is 26.5 Å². The minimum atomic E-state index is -4.42. The van der Waals surface area contributed by atoms with Crippen LogP contribution in [-0.2, 0) is 27.9 Å². The SMILES string of the molecule is CC/C=C\C/C=C\C/C=C\CCCCCC(=O)OCC(O)COP(=O)(O)OCCNC(=O)CCCCCCCCC/C=C\CCCCCCCC. The Balaban J connectivity index is 3.65. The number of hydrogen-bond donors (Lipinski definition) is 3. The van der Waals surface area contributed by atoms with E-state index in [1.165, 1.54) is 77.0 Å². The Morgan fingerprint density at radius 3 is 1.73 bits per heavy atom. The molecule has 1 amide bonds. The number of ether oxygens (including phenoxy) is 1. The number of carbonyl (C=O) groups excluding carboxylic acids is 2. The summed E-state index contributed by atoms with van der Waals surface area (Å²) in [7, 11) is -4.42. The largest absolute Gasteiger partial charge is 0.472 e. The number of unbranched alkanes of at least 4 members (excludes halogenated alkanes) is 16. The zero-order valence-corrected chi connectivity index (χ0v) is 33.2. The number of nitrogens with one attached hydrogen (secondary N) is 1. The summed E-state index contributed by atoms with van der Waals surface area (Å²) < 4.78 is 26.8. The Morgan fingerprint density at radius 1 is 0.627 bits per heavy atom. The van der Waals surface area contributed by atoms with Crippen LogP contribution in [0.3, 0.4) is 0 Å². The van der Waals surface area contributed by atoms with Crippen LogP contribution < -0.4 is 5.32 Å². The first-order valence-corrected chi connectivity index (χ1v) is 21.6. The number of hydrogen-bond acceptors (Lipinski definition) is 7. The molecular formula is C41H74NO8P. The van der Waals surface area contributed by atoms with Crippen LogP contribution in [0.1, 0.15) is 168 Å². The lowest BCUT2D eigenvalue weighted by atomic mass is 10.1. The summed E-state index contributed by atoms with van der Waals surface area (Å²) in [6.07, 6.45) is 41.9. The molecule has 0 aromatic heterocycles. The lowest BCUT2D eigenvalue weighted by Crippen LogP contribution is -2.27. The summed E-state index contributed by atoms with van der Waals surface area (Å²) in [5.74, 6) is -0.553. The minimum Gasteiger partial charge on any atom is -0.463 e. The van der Waals surface area contributed by atoms with E-state index in [1.807, 2.05) is 0 Å². The third-order valence-corrected chi connectivity index (χ3v) is 9.23. The molecular weight excluding hydrogens is 665 g/mol. The molecule has 3 N–H and O–H groups in total. The number of aliphatic hydroxyl groups is 1. The van der Waals surface area contributed by atoms with Gasteiger partial charge in [-0.2, -0.15) is 0 Å². The van der Waals surface area contributed by atoms with Crippen molar-refractivity contribution in [1.29, 1.82) is 0 Å². The molecule has 0 heterocycles. The number of rotatable bonds is 37. The van der Waals surface area contributed by atoms with Crippen molar-refractivity contribution < 1.29 is 37.9 Å². The van der Waals surface area contributed by atoms with Gasteiger partial charge in [0.2, 0.25) is 5.91 Å². The zero-order valence-electron chi connectivity index (χ0n) is 32.3. The maximum Gasteiger partial charge on any atom is 0.472 e. The highest BCUT2D eigenvalue weighted by Gasteiger charge is 2.23. The smallest absolute Gasteiger partial charge is 0.463 e. The topological polar surface area (TPSA) is 131 Å². The van der Waals surface area contributed by atoms with Crippen LogP contribution in [0.5, 0.6) is 0 Å². The van der Waals surface area contributed by atoms with Gasteiger partial charge in [-0.25, -0.2) is 4.57 Å². The summed E-state index contributed by atoms with van der Waals surface area (Å²) >= 11 is 0. The summed E-state index contributed by atoms with van der Waals surface area (Å²) in [6, 6.07) is 0. The Kier molecular flexibility index (Phi) is 36.2. The lowest BCUT2D eigenvalue weighted by Gasteiger charge is -2.15. The highest BCUT2D eigenvalue weighted by molar-refractivity contribution is 7.47. The third-order valence-electron chi connectivity index (χ3n) is 8.24. The van der Waals surface area contributed by atoms with Gasteiger partial charge in [0.25, 0.3) is 0 Å². The second-order valence-electron chi connectivity index (χ2n) is 13.2. The molecule has 10 heteroatoms. The predicted octanol–water partition coefficient (Wildman–Crippen LogP) is 10.8. The molecule has 0 saturated heterocycles. The van der Waals surface area contributed by atoms with Gasteiger partial charge in [-0.05, 0) is 70.6 Å². The Bertz CT molecular complexity index is 981. The van der Waals surface area contributed by atoms with Crippen molar-refractivity contribution in [3.63, 3.8) is 0 Å². The van der Waals surface area contributed by atoms with Crippen LogP contribution in [0.25, 0.3) is 0 Å². The first-order valence-electron chi connectivity index (χ1n) is 20.1. The van der Waals surface area contributed by atoms with Crippen molar-refractivity contribution >= 4 is 19.7 Å². The molecule has 2 atom stereocenters. The van der Waals surface area contributed by atoms with Crippen LogP contribution in [0.2, 0.25) is 0 Å². The predicted molar refractivity (Wildman–Crippen MR) is 210 cm³/mol. The van der Waals surface area contributed by atoms with E-state index in [4.69, 9.17) is 13.8 Å². The van der Waals surface area contributed by atoms with Gasteiger partial charge in [-0.15, -0.1) is 0 Å². The summed E-state index contributed by atoms with van der Waals surface area (Å²) in [4.78, 5) is 33.8. The highest BCUT2D eigenvalue weighted by atomic mass is 31.2. The van der Waals surface area contributed by atoms with Crippen LogP contribution in [0.15, 0.2) is 48.6 Å². The molecule has 51 heavy (non-hydrogen) atoms. The van der Waals surface area contributed by atoms with Crippen molar-refractivity contribution in [2.45, 2.75) is 174 Å². The van der Waals surface area contributed by atoms with Crippen molar-refractivity contribution in [1.82, 2.24) is 5.32 Å². The van der Waals surface area contributed by atoms with E-state index in [0.717, 1.165) is 57.8 Å². The normalized spacial score (nSPS) is 13.9.